The summed E-state index contributed by atoms with van der Waals surface area (Å²) in [6, 6.07) is 6.47. The number of nitrogens with one attached hydrogen (secondary N) is 2. The van der Waals surface area contributed by atoms with Crippen LogP contribution >= 0.6 is 11.6 Å². The first-order valence-corrected chi connectivity index (χ1v) is 12.1. The SMILES string of the molecule is COC(=O)CCNC(=O)[C@H]1C[C@@H](S(=O)(=O)c2cc(C(=O)Nc3ccc(F)c(F)c3)ccc2Cl)C1. The molecule has 0 atom stereocenters. The molecule has 0 aromatic heterocycles. The van der Waals surface area contributed by atoms with Crippen LogP contribution in [0, 0.1) is 17.6 Å². The summed E-state index contributed by atoms with van der Waals surface area (Å²) in [5.74, 6) is -4.33. The lowest BCUT2D eigenvalue weighted by Gasteiger charge is -2.33. The van der Waals surface area contributed by atoms with Gasteiger partial charge in [-0.05, 0) is 43.2 Å². The molecule has 0 saturated heterocycles. The zero-order valence-electron chi connectivity index (χ0n) is 17.9. The number of carbonyl (C=O) groups excluding carboxylic acids is 3. The number of ether oxygens (including phenoxy) is 1. The van der Waals surface area contributed by atoms with Gasteiger partial charge in [-0.15, -0.1) is 0 Å². The molecule has 2 N–H and O–H groups in total. The van der Waals surface area contributed by atoms with Crippen LogP contribution in [-0.4, -0.2) is 45.1 Å². The van der Waals surface area contributed by atoms with Crippen molar-refractivity contribution in [2.24, 2.45) is 5.92 Å². The molecule has 3 rings (SSSR count). The lowest BCUT2D eigenvalue weighted by atomic mass is 9.84. The molecular weight excluding hydrogens is 494 g/mol. The van der Waals surface area contributed by atoms with E-state index in [1.54, 1.807) is 0 Å². The van der Waals surface area contributed by atoms with Crippen LogP contribution in [0.5, 0.6) is 0 Å². The normalized spacial score (nSPS) is 17.4. The number of hydrogen-bond donors (Lipinski definition) is 2. The Bertz CT molecular complexity index is 1230. The molecule has 1 fully saturated rings. The van der Waals surface area contributed by atoms with E-state index in [0.717, 1.165) is 24.3 Å². The van der Waals surface area contributed by atoms with E-state index in [0.29, 0.717) is 0 Å². The maximum absolute atomic E-state index is 13.4. The zero-order valence-corrected chi connectivity index (χ0v) is 19.5. The number of amides is 2. The highest BCUT2D eigenvalue weighted by molar-refractivity contribution is 7.92. The van der Waals surface area contributed by atoms with Gasteiger partial charge in [-0.3, -0.25) is 14.4 Å². The molecule has 0 aliphatic heterocycles. The number of sulfone groups is 1. The summed E-state index contributed by atoms with van der Waals surface area (Å²) < 4.78 is 57.1. The van der Waals surface area contributed by atoms with Gasteiger partial charge in [0.05, 0.1) is 28.7 Å². The van der Waals surface area contributed by atoms with E-state index >= 15 is 0 Å². The largest absolute Gasteiger partial charge is 0.469 e. The van der Waals surface area contributed by atoms with Crippen molar-refractivity contribution in [2.45, 2.75) is 29.4 Å². The minimum Gasteiger partial charge on any atom is -0.469 e. The second kappa shape index (κ2) is 10.5. The highest BCUT2D eigenvalue weighted by Crippen LogP contribution is 2.38. The summed E-state index contributed by atoms with van der Waals surface area (Å²) in [7, 11) is -2.72. The van der Waals surface area contributed by atoms with Crippen LogP contribution in [-0.2, 0) is 24.2 Å². The van der Waals surface area contributed by atoms with Gasteiger partial charge in [-0.2, -0.15) is 0 Å². The predicted octanol–water partition coefficient (Wildman–Crippen LogP) is 3.10. The van der Waals surface area contributed by atoms with Crippen molar-refractivity contribution in [2.75, 3.05) is 19.0 Å². The van der Waals surface area contributed by atoms with Gasteiger partial charge < -0.3 is 15.4 Å². The zero-order chi connectivity index (χ0) is 25.0. The van der Waals surface area contributed by atoms with E-state index in [1.165, 1.54) is 19.2 Å². The Balaban J connectivity index is 1.66. The standard InChI is InChI=1S/C22H21ClF2N2O6S/c1-33-20(28)6-7-26-21(29)13-8-15(9-13)34(31,32)19-10-12(2-4-16(19)23)22(30)27-14-3-5-17(24)18(25)11-14/h2-5,10-11,13,15H,6-9H2,1H3,(H,26,29)(H,27,30)/t13-,15+. The Kier molecular flexibility index (Phi) is 7.88. The van der Waals surface area contributed by atoms with Gasteiger partial charge in [0.1, 0.15) is 0 Å². The van der Waals surface area contributed by atoms with Crippen molar-refractivity contribution < 1.29 is 36.3 Å². The summed E-state index contributed by atoms with van der Waals surface area (Å²) in [4.78, 5) is 35.5. The molecule has 1 saturated carbocycles. The third-order valence-corrected chi connectivity index (χ3v) is 8.09. The Morgan fingerprint density at radius 1 is 1.09 bits per heavy atom. The van der Waals surface area contributed by atoms with Gasteiger partial charge in [0.25, 0.3) is 5.91 Å². The van der Waals surface area contributed by atoms with Crippen molar-refractivity contribution in [1.82, 2.24) is 5.32 Å². The van der Waals surface area contributed by atoms with Crippen molar-refractivity contribution in [3.8, 4) is 0 Å². The lowest BCUT2D eigenvalue weighted by Crippen LogP contribution is -2.45. The van der Waals surface area contributed by atoms with E-state index in [9.17, 15) is 31.6 Å². The van der Waals surface area contributed by atoms with Gasteiger partial charge in [0, 0.05) is 29.8 Å². The number of carbonyl (C=O) groups is 3. The first kappa shape index (κ1) is 25.6. The fourth-order valence-electron chi connectivity index (χ4n) is 3.39. The van der Waals surface area contributed by atoms with E-state index in [4.69, 9.17) is 11.6 Å². The van der Waals surface area contributed by atoms with Crippen LogP contribution in [0.15, 0.2) is 41.3 Å². The van der Waals surface area contributed by atoms with Gasteiger partial charge in [-0.25, -0.2) is 17.2 Å². The van der Waals surface area contributed by atoms with Crippen molar-refractivity contribution in [3.05, 3.63) is 58.6 Å². The van der Waals surface area contributed by atoms with Crippen LogP contribution in [0.4, 0.5) is 14.5 Å². The second-order valence-corrected chi connectivity index (χ2v) is 10.3. The molecule has 0 radical (unpaired) electrons. The Morgan fingerprint density at radius 3 is 2.44 bits per heavy atom. The molecule has 0 spiro atoms. The number of methoxy groups -OCH3 is 1. The van der Waals surface area contributed by atoms with Crippen molar-refractivity contribution in [3.63, 3.8) is 0 Å². The first-order valence-electron chi connectivity index (χ1n) is 10.2. The number of anilines is 1. The molecule has 0 bridgehead atoms. The number of rotatable bonds is 8. The van der Waals surface area contributed by atoms with Crippen LogP contribution < -0.4 is 10.6 Å². The summed E-state index contributed by atoms with van der Waals surface area (Å²) in [6.07, 6.45) is 0.133. The quantitative estimate of drug-likeness (QED) is 0.523. The number of esters is 1. The summed E-state index contributed by atoms with van der Waals surface area (Å²) in [6.45, 7) is 0.0837. The van der Waals surface area contributed by atoms with E-state index < -0.39 is 44.5 Å². The molecular formula is C22H21ClF2N2O6S. The third-order valence-electron chi connectivity index (χ3n) is 5.44. The molecule has 0 unspecified atom stereocenters. The third kappa shape index (κ3) is 5.71. The molecule has 182 valence electrons. The molecule has 12 heteroatoms. The fourth-order valence-corrected chi connectivity index (χ4v) is 5.79. The highest BCUT2D eigenvalue weighted by atomic mass is 35.5. The highest BCUT2D eigenvalue weighted by Gasteiger charge is 2.43. The summed E-state index contributed by atoms with van der Waals surface area (Å²) in [5, 5.41) is 3.97. The molecule has 2 aromatic carbocycles. The topological polar surface area (TPSA) is 119 Å². The van der Waals surface area contributed by atoms with Crippen LogP contribution in [0.1, 0.15) is 29.6 Å². The Hall–Kier alpha value is -3.05. The second-order valence-electron chi connectivity index (χ2n) is 7.68. The molecule has 8 nitrogen and oxygen atoms in total. The van der Waals surface area contributed by atoms with Gasteiger partial charge in [0.15, 0.2) is 21.5 Å². The predicted molar refractivity (Wildman–Crippen MR) is 119 cm³/mol. The number of halogens is 3. The molecule has 2 aromatic rings. The molecule has 1 aliphatic rings. The monoisotopic (exact) mass is 514 g/mol. The van der Waals surface area contributed by atoms with E-state index in [2.05, 4.69) is 15.4 Å². The van der Waals surface area contributed by atoms with Gasteiger partial charge >= 0.3 is 5.97 Å². The smallest absolute Gasteiger partial charge is 0.307 e. The summed E-state index contributed by atoms with van der Waals surface area (Å²) >= 11 is 6.09. The molecule has 0 heterocycles. The number of hydrogen-bond acceptors (Lipinski definition) is 6. The van der Waals surface area contributed by atoms with Crippen molar-refractivity contribution >= 4 is 44.9 Å². The minimum absolute atomic E-state index is 0.00567. The van der Waals surface area contributed by atoms with E-state index in [-0.39, 0.29) is 52.9 Å². The lowest BCUT2D eigenvalue weighted by molar-refractivity contribution is -0.140. The Morgan fingerprint density at radius 2 is 1.79 bits per heavy atom. The average molecular weight is 515 g/mol. The molecule has 34 heavy (non-hydrogen) atoms. The Labute approximate surface area is 199 Å². The maximum Gasteiger partial charge on any atom is 0.307 e. The van der Waals surface area contributed by atoms with Crippen molar-refractivity contribution in [1.29, 1.82) is 0 Å². The number of benzene rings is 2. The summed E-state index contributed by atoms with van der Waals surface area (Å²) in [5.41, 5.74) is -0.0626. The fraction of sp³-hybridized carbons (Fsp3) is 0.318. The minimum atomic E-state index is -3.95. The van der Waals surface area contributed by atoms with Gasteiger partial charge in [0.2, 0.25) is 5.91 Å². The first-order chi connectivity index (χ1) is 16.0. The average Bonchev–Trinajstić information content (AvgIpc) is 2.75. The van der Waals surface area contributed by atoms with Gasteiger partial charge in [-0.1, -0.05) is 11.6 Å². The molecule has 1 aliphatic carbocycles. The molecule has 2 amide bonds. The van der Waals surface area contributed by atoms with Crippen LogP contribution in [0.25, 0.3) is 0 Å². The van der Waals surface area contributed by atoms with Crippen LogP contribution in [0.3, 0.4) is 0 Å². The van der Waals surface area contributed by atoms with Crippen LogP contribution in [0.2, 0.25) is 5.02 Å². The van der Waals surface area contributed by atoms with E-state index in [1.807, 2.05) is 0 Å². The maximum atomic E-state index is 13.4.